The molecule has 0 atom stereocenters. The summed E-state index contributed by atoms with van der Waals surface area (Å²) >= 11 is 0. The van der Waals surface area contributed by atoms with Crippen LogP contribution in [-0.2, 0) is 16.9 Å². The number of likely N-dealkylation sites (tertiary alicyclic amines) is 1. The van der Waals surface area contributed by atoms with Crippen molar-refractivity contribution < 1.29 is 9.59 Å². The minimum Gasteiger partial charge on any atom is -0.342 e. The first-order valence-electron chi connectivity index (χ1n) is 10.2. The van der Waals surface area contributed by atoms with E-state index in [1.54, 1.807) is 0 Å². The molecular formula is C24H28N2O2. The van der Waals surface area contributed by atoms with Crippen molar-refractivity contribution in [3.63, 3.8) is 0 Å². The molecule has 0 bridgehead atoms. The van der Waals surface area contributed by atoms with Crippen LogP contribution in [0.25, 0.3) is 0 Å². The second-order valence-electron chi connectivity index (χ2n) is 8.43. The Kier molecular flexibility index (Phi) is 4.74. The number of carbonyl (C=O) groups excluding carboxylic acids is 2. The zero-order valence-electron chi connectivity index (χ0n) is 16.9. The van der Waals surface area contributed by atoms with Crippen molar-refractivity contribution >= 4 is 11.8 Å². The van der Waals surface area contributed by atoms with Crippen molar-refractivity contribution in [2.45, 2.75) is 45.7 Å². The zero-order valence-corrected chi connectivity index (χ0v) is 16.9. The van der Waals surface area contributed by atoms with Crippen LogP contribution in [0.5, 0.6) is 0 Å². The fraction of sp³-hybridized carbons (Fsp3) is 0.417. The van der Waals surface area contributed by atoms with E-state index in [1.807, 2.05) is 36.9 Å². The first-order valence-corrected chi connectivity index (χ1v) is 10.2. The highest BCUT2D eigenvalue weighted by Gasteiger charge is 2.51. The molecule has 2 heterocycles. The van der Waals surface area contributed by atoms with E-state index in [1.165, 1.54) is 5.56 Å². The molecule has 0 unspecified atom stereocenters. The maximum absolute atomic E-state index is 13.3. The lowest BCUT2D eigenvalue weighted by molar-refractivity contribution is -0.137. The monoisotopic (exact) mass is 376 g/mol. The molecule has 0 N–H and O–H groups in total. The highest BCUT2D eigenvalue weighted by atomic mass is 16.2. The molecule has 4 heteroatoms. The van der Waals surface area contributed by atoms with Crippen molar-refractivity contribution in [1.29, 1.82) is 0 Å². The molecule has 2 aromatic carbocycles. The van der Waals surface area contributed by atoms with Crippen LogP contribution in [-0.4, -0.2) is 34.7 Å². The Morgan fingerprint density at radius 1 is 1.04 bits per heavy atom. The highest BCUT2D eigenvalue weighted by molar-refractivity contribution is 6.00. The van der Waals surface area contributed by atoms with Crippen LogP contribution in [0.1, 0.15) is 53.7 Å². The third-order valence-corrected chi connectivity index (χ3v) is 6.28. The van der Waals surface area contributed by atoms with Gasteiger partial charge in [0.25, 0.3) is 5.91 Å². The van der Waals surface area contributed by atoms with Gasteiger partial charge in [-0.1, -0.05) is 61.9 Å². The molecule has 1 fully saturated rings. The lowest BCUT2D eigenvalue weighted by Crippen LogP contribution is -2.52. The molecule has 4 nitrogen and oxygen atoms in total. The van der Waals surface area contributed by atoms with E-state index < -0.39 is 0 Å². The maximum atomic E-state index is 13.3. The van der Waals surface area contributed by atoms with Crippen molar-refractivity contribution in [2.24, 2.45) is 5.92 Å². The molecular weight excluding hydrogens is 348 g/mol. The van der Waals surface area contributed by atoms with Crippen LogP contribution >= 0.6 is 0 Å². The Morgan fingerprint density at radius 3 is 2.32 bits per heavy atom. The summed E-state index contributed by atoms with van der Waals surface area (Å²) in [6.07, 6.45) is 1.58. The standard InChI is InChI=1S/C24H28N2O2/c1-17(2)22(27)25-14-12-24(13-15-25)21-7-5-4-6-20(21)23(28)26(24)16-19-10-8-18(3)9-11-19/h4-11,17H,12-16H2,1-3H3. The van der Waals surface area contributed by atoms with Gasteiger partial charge in [-0.25, -0.2) is 0 Å². The molecule has 2 aliphatic rings. The number of benzene rings is 2. The van der Waals surface area contributed by atoms with E-state index in [2.05, 4.69) is 42.2 Å². The third-order valence-electron chi connectivity index (χ3n) is 6.28. The average molecular weight is 377 g/mol. The minimum atomic E-state index is -0.313. The van der Waals surface area contributed by atoms with E-state index in [4.69, 9.17) is 0 Å². The highest BCUT2D eigenvalue weighted by Crippen LogP contribution is 2.47. The lowest BCUT2D eigenvalue weighted by Gasteiger charge is -2.46. The summed E-state index contributed by atoms with van der Waals surface area (Å²) in [4.78, 5) is 29.8. The predicted molar refractivity (Wildman–Crippen MR) is 110 cm³/mol. The summed E-state index contributed by atoms with van der Waals surface area (Å²) in [5.41, 5.74) is 4.00. The van der Waals surface area contributed by atoms with Gasteiger partial charge in [0.05, 0.1) is 5.54 Å². The van der Waals surface area contributed by atoms with Gasteiger partial charge < -0.3 is 9.80 Å². The third kappa shape index (κ3) is 3.01. The number of piperidine rings is 1. The molecule has 146 valence electrons. The van der Waals surface area contributed by atoms with Crippen molar-refractivity contribution in [3.05, 3.63) is 70.8 Å². The van der Waals surface area contributed by atoms with Gasteiger partial charge in [0.1, 0.15) is 0 Å². The number of fused-ring (bicyclic) bond motifs is 2. The van der Waals surface area contributed by atoms with E-state index in [-0.39, 0.29) is 23.3 Å². The molecule has 2 amide bonds. The topological polar surface area (TPSA) is 40.6 Å². The van der Waals surface area contributed by atoms with E-state index in [0.29, 0.717) is 19.6 Å². The largest absolute Gasteiger partial charge is 0.342 e. The van der Waals surface area contributed by atoms with E-state index >= 15 is 0 Å². The first kappa shape index (κ1) is 18.7. The molecule has 2 aliphatic heterocycles. The number of rotatable bonds is 3. The molecule has 28 heavy (non-hydrogen) atoms. The smallest absolute Gasteiger partial charge is 0.255 e. The quantitative estimate of drug-likeness (QED) is 0.808. The molecule has 2 aromatic rings. The average Bonchev–Trinajstić information content (AvgIpc) is 2.93. The summed E-state index contributed by atoms with van der Waals surface area (Å²) in [6.45, 7) is 7.97. The lowest BCUT2D eigenvalue weighted by atomic mass is 9.80. The van der Waals surface area contributed by atoms with Gasteiger partial charge in [-0.05, 0) is 37.0 Å². The normalized spacial score (nSPS) is 18.1. The maximum Gasteiger partial charge on any atom is 0.255 e. The summed E-state index contributed by atoms with van der Waals surface area (Å²) in [7, 11) is 0. The molecule has 1 spiro atoms. The van der Waals surface area contributed by atoms with Gasteiger partial charge in [0.15, 0.2) is 0 Å². The number of carbonyl (C=O) groups is 2. The van der Waals surface area contributed by atoms with Crippen molar-refractivity contribution in [1.82, 2.24) is 9.80 Å². The van der Waals surface area contributed by atoms with Crippen molar-refractivity contribution in [3.8, 4) is 0 Å². The molecule has 0 aromatic heterocycles. The Labute approximate surface area is 167 Å². The predicted octanol–water partition coefficient (Wildman–Crippen LogP) is 4.12. The van der Waals surface area contributed by atoms with Crippen LogP contribution in [0.15, 0.2) is 48.5 Å². The zero-order chi connectivity index (χ0) is 19.9. The molecule has 0 radical (unpaired) electrons. The summed E-state index contributed by atoms with van der Waals surface area (Å²) in [6, 6.07) is 16.4. The fourth-order valence-electron chi connectivity index (χ4n) is 4.66. The van der Waals surface area contributed by atoms with Gasteiger partial charge in [0.2, 0.25) is 5.91 Å². The van der Waals surface area contributed by atoms with Crippen LogP contribution in [0.3, 0.4) is 0 Å². The van der Waals surface area contributed by atoms with Gasteiger partial charge in [-0.2, -0.15) is 0 Å². The number of hydrogen-bond acceptors (Lipinski definition) is 2. The number of amides is 2. The Hall–Kier alpha value is -2.62. The second kappa shape index (κ2) is 7.08. The molecule has 0 saturated carbocycles. The minimum absolute atomic E-state index is 0.00945. The summed E-state index contributed by atoms with van der Waals surface area (Å²) < 4.78 is 0. The first-order chi connectivity index (χ1) is 13.4. The Balaban J connectivity index is 1.67. The van der Waals surface area contributed by atoms with Crippen LogP contribution in [0.2, 0.25) is 0 Å². The van der Waals surface area contributed by atoms with Crippen LogP contribution in [0, 0.1) is 12.8 Å². The van der Waals surface area contributed by atoms with Gasteiger partial charge in [0, 0.05) is 31.1 Å². The Morgan fingerprint density at radius 2 is 1.68 bits per heavy atom. The summed E-state index contributed by atoms with van der Waals surface area (Å²) in [5, 5.41) is 0. The Bertz CT molecular complexity index is 893. The van der Waals surface area contributed by atoms with E-state index in [9.17, 15) is 9.59 Å². The second-order valence-corrected chi connectivity index (χ2v) is 8.43. The number of nitrogens with zero attached hydrogens (tertiary/aromatic N) is 2. The van der Waals surface area contributed by atoms with Gasteiger partial charge >= 0.3 is 0 Å². The van der Waals surface area contributed by atoms with Crippen LogP contribution < -0.4 is 0 Å². The number of aryl methyl sites for hydroxylation is 1. The fourth-order valence-corrected chi connectivity index (χ4v) is 4.66. The molecule has 0 aliphatic carbocycles. The number of hydrogen-bond donors (Lipinski definition) is 0. The van der Waals surface area contributed by atoms with E-state index in [0.717, 1.165) is 29.5 Å². The molecule has 1 saturated heterocycles. The van der Waals surface area contributed by atoms with Crippen molar-refractivity contribution in [2.75, 3.05) is 13.1 Å². The summed E-state index contributed by atoms with van der Waals surface area (Å²) in [5.74, 6) is 0.326. The van der Waals surface area contributed by atoms with Gasteiger partial charge in [-0.3, -0.25) is 9.59 Å². The SMILES string of the molecule is Cc1ccc(CN2C(=O)c3ccccc3C23CCN(C(=O)C(C)C)CC3)cc1. The van der Waals surface area contributed by atoms with Gasteiger partial charge in [-0.15, -0.1) is 0 Å². The molecule has 4 rings (SSSR count). The van der Waals surface area contributed by atoms with Crippen LogP contribution in [0.4, 0.5) is 0 Å².